The third-order valence-electron chi connectivity index (χ3n) is 2.69. The Balaban J connectivity index is 2.29. The molecular weight excluding hydrogens is 198 g/mol. The molecule has 0 fully saturated rings. The van der Waals surface area contributed by atoms with E-state index in [0.29, 0.717) is 6.42 Å². The molecule has 0 saturated heterocycles. The topological polar surface area (TPSA) is 30.0 Å². The van der Waals surface area contributed by atoms with Crippen molar-refractivity contribution < 1.29 is 4.79 Å². The SMILES string of the molecule is CC(C)C(=O)Cc1ccc2cccnc2c1. The number of fused-ring (bicyclic) bond motifs is 1. The van der Waals surface area contributed by atoms with Crippen LogP contribution in [0.3, 0.4) is 0 Å². The lowest BCUT2D eigenvalue weighted by atomic mass is 10.0. The molecule has 0 N–H and O–H groups in total. The first kappa shape index (κ1) is 10.8. The minimum absolute atomic E-state index is 0.0967. The number of pyridine rings is 1. The Morgan fingerprint density at radius 1 is 1.31 bits per heavy atom. The predicted octanol–water partition coefficient (Wildman–Crippen LogP) is 3.00. The van der Waals surface area contributed by atoms with E-state index in [4.69, 9.17) is 0 Å². The van der Waals surface area contributed by atoms with Crippen molar-refractivity contribution in [2.75, 3.05) is 0 Å². The highest BCUT2D eigenvalue weighted by molar-refractivity contribution is 5.85. The minimum Gasteiger partial charge on any atom is -0.299 e. The summed E-state index contributed by atoms with van der Waals surface area (Å²) < 4.78 is 0. The second kappa shape index (κ2) is 4.44. The van der Waals surface area contributed by atoms with Gasteiger partial charge in [-0.3, -0.25) is 9.78 Å². The number of benzene rings is 1. The number of ketones is 1. The van der Waals surface area contributed by atoms with Gasteiger partial charge < -0.3 is 0 Å². The van der Waals surface area contributed by atoms with Gasteiger partial charge in [-0.1, -0.05) is 32.0 Å². The number of carbonyl (C=O) groups excluding carboxylic acids is 1. The Bertz CT molecular complexity index is 517. The van der Waals surface area contributed by atoms with Crippen LogP contribution in [0.15, 0.2) is 36.5 Å². The van der Waals surface area contributed by atoms with Crippen LogP contribution < -0.4 is 0 Å². The average Bonchev–Trinajstić information content (AvgIpc) is 2.28. The van der Waals surface area contributed by atoms with Crippen molar-refractivity contribution in [1.82, 2.24) is 4.98 Å². The lowest BCUT2D eigenvalue weighted by Gasteiger charge is -2.05. The molecule has 2 rings (SSSR count). The second-order valence-corrected chi connectivity index (χ2v) is 4.33. The van der Waals surface area contributed by atoms with E-state index in [2.05, 4.69) is 4.98 Å². The first-order chi connectivity index (χ1) is 7.66. The molecule has 2 nitrogen and oxygen atoms in total. The second-order valence-electron chi connectivity index (χ2n) is 4.33. The summed E-state index contributed by atoms with van der Waals surface area (Å²) in [6, 6.07) is 9.96. The van der Waals surface area contributed by atoms with Gasteiger partial charge in [-0.2, -0.15) is 0 Å². The summed E-state index contributed by atoms with van der Waals surface area (Å²) in [7, 11) is 0. The minimum atomic E-state index is 0.0967. The van der Waals surface area contributed by atoms with E-state index in [1.807, 2.05) is 44.2 Å². The summed E-state index contributed by atoms with van der Waals surface area (Å²) in [6.07, 6.45) is 2.28. The number of Topliss-reactive ketones (excluding diaryl/α,β-unsaturated/α-hetero) is 1. The molecule has 1 aromatic heterocycles. The molecule has 1 heterocycles. The molecule has 0 atom stereocenters. The highest BCUT2D eigenvalue weighted by Crippen LogP contribution is 2.14. The Morgan fingerprint density at radius 3 is 2.88 bits per heavy atom. The Kier molecular flexibility index (Phi) is 3.00. The lowest BCUT2D eigenvalue weighted by molar-refractivity contribution is -0.121. The maximum atomic E-state index is 11.6. The molecule has 16 heavy (non-hydrogen) atoms. The molecule has 0 unspecified atom stereocenters. The molecule has 0 saturated carbocycles. The summed E-state index contributed by atoms with van der Waals surface area (Å²) >= 11 is 0. The van der Waals surface area contributed by atoms with Crippen molar-refractivity contribution in [1.29, 1.82) is 0 Å². The number of nitrogens with zero attached hydrogens (tertiary/aromatic N) is 1. The van der Waals surface area contributed by atoms with Gasteiger partial charge in [0.15, 0.2) is 0 Å². The largest absolute Gasteiger partial charge is 0.299 e. The van der Waals surface area contributed by atoms with Crippen LogP contribution in [-0.2, 0) is 11.2 Å². The number of hydrogen-bond donors (Lipinski definition) is 0. The predicted molar refractivity (Wildman–Crippen MR) is 65.3 cm³/mol. The summed E-state index contributed by atoms with van der Waals surface area (Å²) in [5.41, 5.74) is 2.00. The van der Waals surface area contributed by atoms with Gasteiger partial charge in [0.1, 0.15) is 5.78 Å². The van der Waals surface area contributed by atoms with Crippen LogP contribution in [0.1, 0.15) is 19.4 Å². The fraction of sp³-hybridized carbons (Fsp3) is 0.286. The maximum Gasteiger partial charge on any atom is 0.139 e. The molecule has 0 amide bonds. The van der Waals surface area contributed by atoms with Crippen LogP contribution in [-0.4, -0.2) is 10.8 Å². The van der Waals surface area contributed by atoms with Gasteiger partial charge in [0.25, 0.3) is 0 Å². The van der Waals surface area contributed by atoms with Gasteiger partial charge >= 0.3 is 0 Å². The molecule has 2 heteroatoms. The molecule has 0 aliphatic carbocycles. The van der Waals surface area contributed by atoms with Gasteiger partial charge in [-0.05, 0) is 17.7 Å². The van der Waals surface area contributed by atoms with E-state index >= 15 is 0 Å². The average molecular weight is 213 g/mol. The summed E-state index contributed by atoms with van der Waals surface area (Å²) in [6.45, 7) is 3.86. The standard InChI is InChI=1S/C14H15NO/c1-10(2)14(16)9-11-5-6-12-4-3-7-15-13(12)8-11/h3-8,10H,9H2,1-2H3. The van der Waals surface area contributed by atoms with Crippen LogP contribution in [0.5, 0.6) is 0 Å². The molecule has 0 spiro atoms. The molecule has 1 aromatic carbocycles. The number of carbonyl (C=O) groups is 1. The smallest absolute Gasteiger partial charge is 0.139 e. The van der Waals surface area contributed by atoms with Crippen molar-refractivity contribution >= 4 is 16.7 Å². The number of hydrogen-bond acceptors (Lipinski definition) is 2. The first-order valence-corrected chi connectivity index (χ1v) is 5.53. The molecule has 0 radical (unpaired) electrons. The number of aromatic nitrogens is 1. The van der Waals surface area contributed by atoms with Crippen molar-refractivity contribution in [3.05, 3.63) is 42.1 Å². The van der Waals surface area contributed by atoms with Crippen LogP contribution in [0.25, 0.3) is 10.9 Å². The van der Waals surface area contributed by atoms with Crippen LogP contribution in [0.4, 0.5) is 0 Å². The number of rotatable bonds is 3. The Labute approximate surface area is 95.3 Å². The monoisotopic (exact) mass is 213 g/mol. The van der Waals surface area contributed by atoms with Crippen molar-refractivity contribution in [2.24, 2.45) is 5.92 Å². The highest BCUT2D eigenvalue weighted by atomic mass is 16.1. The van der Waals surface area contributed by atoms with Crippen molar-refractivity contribution in [2.45, 2.75) is 20.3 Å². The highest BCUT2D eigenvalue weighted by Gasteiger charge is 2.08. The first-order valence-electron chi connectivity index (χ1n) is 5.53. The maximum absolute atomic E-state index is 11.6. The Morgan fingerprint density at radius 2 is 2.12 bits per heavy atom. The third kappa shape index (κ3) is 2.27. The molecule has 0 aliphatic rings. The summed E-state index contributed by atoms with van der Waals surface area (Å²) in [5, 5.41) is 1.11. The zero-order chi connectivity index (χ0) is 11.5. The van der Waals surface area contributed by atoms with Crippen LogP contribution >= 0.6 is 0 Å². The van der Waals surface area contributed by atoms with Gasteiger partial charge in [-0.25, -0.2) is 0 Å². The van der Waals surface area contributed by atoms with E-state index in [9.17, 15) is 4.79 Å². The van der Waals surface area contributed by atoms with Crippen molar-refractivity contribution in [3.63, 3.8) is 0 Å². The fourth-order valence-corrected chi connectivity index (χ4v) is 1.63. The van der Waals surface area contributed by atoms with Gasteiger partial charge in [0, 0.05) is 23.9 Å². The molecular formula is C14H15NO. The van der Waals surface area contributed by atoms with E-state index in [-0.39, 0.29) is 11.7 Å². The van der Waals surface area contributed by atoms with Gasteiger partial charge in [0.05, 0.1) is 5.52 Å². The zero-order valence-electron chi connectivity index (χ0n) is 9.60. The van der Waals surface area contributed by atoms with Crippen molar-refractivity contribution in [3.8, 4) is 0 Å². The molecule has 0 bridgehead atoms. The molecule has 82 valence electrons. The fourth-order valence-electron chi connectivity index (χ4n) is 1.63. The normalized spacial score (nSPS) is 10.9. The Hall–Kier alpha value is -1.70. The molecule has 2 aromatic rings. The quantitative estimate of drug-likeness (QED) is 0.784. The van der Waals surface area contributed by atoms with E-state index in [1.54, 1.807) is 6.20 Å². The molecule has 0 aliphatic heterocycles. The van der Waals surface area contributed by atoms with Gasteiger partial charge in [-0.15, -0.1) is 0 Å². The van der Waals surface area contributed by atoms with E-state index in [0.717, 1.165) is 16.5 Å². The van der Waals surface area contributed by atoms with Crippen LogP contribution in [0.2, 0.25) is 0 Å². The van der Waals surface area contributed by atoms with Gasteiger partial charge in [0.2, 0.25) is 0 Å². The van der Waals surface area contributed by atoms with E-state index in [1.165, 1.54) is 0 Å². The summed E-state index contributed by atoms with van der Waals surface area (Å²) in [5.74, 6) is 0.370. The summed E-state index contributed by atoms with van der Waals surface area (Å²) in [4.78, 5) is 15.9. The third-order valence-corrected chi connectivity index (χ3v) is 2.69. The lowest BCUT2D eigenvalue weighted by Crippen LogP contribution is -2.10. The van der Waals surface area contributed by atoms with Crippen LogP contribution in [0, 0.1) is 5.92 Å². The zero-order valence-corrected chi connectivity index (χ0v) is 9.60. The van der Waals surface area contributed by atoms with E-state index < -0.39 is 0 Å².